The summed E-state index contributed by atoms with van der Waals surface area (Å²) >= 11 is 0. The third-order valence-corrected chi connectivity index (χ3v) is 4.35. The van der Waals surface area contributed by atoms with E-state index in [4.69, 9.17) is 0 Å². The smallest absolute Gasteiger partial charge is 0.279 e. The van der Waals surface area contributed by atoms with Crippen molar-refractivity contribution in [3.8, 4) is 0 Å². The molecule has 0 fully saturated rings. The number of amides is 2. The van der Waals surface area contributed by atoms with E-state index < -0.39 is 0 Å². The van der Waals surface area contributed by atoms with Gasteiger partial charge in [0.15, 0.2) is 13.1 Å². The second-order valence-corrected chi connectivity index (χ2v) is 7.14. The molecule has 0 aliphatic heterocycles. The van der Waals surface area contributed by atoms with E-state index in [1.807, 2.05) is 57.2 Å². The summed E-state index contributed by atoms with van der Waals surface area (Å²) in [5.74, 6) is -0.154. The predicted molar refractivity (Wildman–Crippen MR) is 110 cm³/mol. The Kier molecular flexibility index (Phi) is 7.55. The largest absolute Gasteiger partial charge is 0.321 e. The Morgan fingerprint density at radius 3 is 2.07 bits per heavy atom. The van der Waals surface area contributed by atoms with Crippen LogP contribution in [-0.2, 0) is 9.59 Å². The van der Waals surface area contributed by atoms with Crippen LogP contribution in [0.3, 0.4) is 0 Å². The number of benzene rings is 2. The van der Waals surface area contributed by atoms with Gasteiger partial charge in [0.1, 0.15) is 0 Å². The summed E-state index contributed by atoms with van der Waals surface area (Å²) in [6.07, 6.45) is 0.907. The maximum atomic E-state index is 12.5. The lowest BCUT2D eigenvalue weighted by molar-refractivity contribution is -0.883. The van der Waals surface area contributed by atoms with Crippen LogP contribution in [0.2, 0.25) is 0 Å². The molecule has 0 aliphatic carbocycles. The van der Waals surface area contributed by atoms with Crippen molar-refractivity contribution in [3.05, 3.63) is 59.2 Å². The SMILES string of the molecule is CCC[NH+](CC(=O)Nc1cc(C)cc(C)c1)CC(=O)Nc1ccccc1C. The Morgan fingerprint density at radius 1 is 0.889 bits per heavy atom. The maximum absolute atomic E-state index is 12.5. The van der Waals surface area contributed by atoms with Gasteiger partial charge in [0, 0.05) is 11.4 Å². The Balaban J connectivity index is 1.94. The van der Waals surface area contributed by atoms with E-state index in [-0.39, 0.29) is 24.9 Å². The summed E-state index contributed by atoms with van der Waals surface area (Å²) in [5.41, 5.74) is 4.87. The molecule has 0 aliphatic rings. The van der Waals surface area contributed by atoms with Gasteiger partial charge in [0.2, 0.25) is 0 Å². The maximum Gasteiger partial charge on any atom is 0.279 e. The van der Waals surface area contributed by atoms with Gasteiger partial charge in [0.25, 0.3) is 11.8 Å². The minimum absolute atomic E-state index is 0.0767. The minimum atomic E-state index is -0.0769. The van der Waals surface area contributed by atoms with E-state index in [2.05, 4.69) is 23.6 Å². The van der Waals surface area contributed by atoms with E-state index >= 15 is 0 Å². The van der Waals surface area contributed by atoms with Crippen LogP contribution in [0.5, 0.6) is 0 Å². The third kappa shape index (κ3) is 6.87. The molecule has 0 heterocycles. The van der Waals surface area contributed by atoms with Crippen molar-refractivity contribution in [2.45, 2.75) is 34.1 Å². The minimum Gasteiger partial charge on any atom is -0.321 e. The predicted octanol–water partition coefficient (Wildman–Crippen LogP) is 2.48. The van der Waals surface area contributed by atoms with E-state index in [0.29, 0.717) is 0 Å². The zero-order chi connectivity index (χ0) is 19.8. The number of quaternary nitrogens is 1. The molecule has 0 spiro atoms. The van der Waals surface area contributed by atoms with E-state index in [0.717, 1.165) is 45.9 Å². The summed E-state index contributed by atoms with van der Waals surface area (Å²) in [4.78, 5) is 25.8. The summed E-state index contributed by atoms with van der Waals surface area (Å²) < 4.78 is 0. The molecule has 2 rings (SSSR count). The standard InChI is InChI=1S/C22H29N3O2/c1-5-10-25(15-22(27)24-20-9-7-6-8-18(20)4)14-21(26)23-19-12-16(2)11-17(3)13-19/h6-9,11-13H,5,10,14-15H2,1-4H3,(H,23,26)(H,24,27)/p+1. The van der Waals surface area contributed by atoms with E-state index in [1.54, 1.807) is 0 Å². The molecule has 0 aromatic heterocycles. The van der Waals surface area contributed by atoms with Crippen LogP contribution in [0.1, 0.15) is 30.0 Å². The highest BCUT2D eigenvalue weighted by Gasteiger charge is 2.18. The fourth-order valence-electron chi connectivity index (χ4n) is 3.21. The molecule has 2 amide bonds. The zero-order valence-corrected chi connectivity index (χ0v) is 16.7. The number of hydrogen-bond donors (Lipinski definition) is 3. The van der Waals surface area contributed by atoms with E-state index in [9.17, 15) is 9.59 Å². The second-order valence-electron chi connectivity index (χ2n) is 7.14. The van der Waals surface area contributed by atoms with Gasteiger partial charge in [-0.3, -0.25) is 9.59 Å². The van der Waals surface area contributed by atoms with Crippen molar-refractivity contribution in [2.24, 2.45) is 0 Å². The van der Waals surface area contributed by atoms with Crippen LogP contribution in [0.4, 0.5) is 11.4 Å². The second kappa shape index (κ2) is 9.88. The van der Waals surface area contributed by atoms with Gasteiger partial charge in [-0.15, -0.1) is 0 Å². The molecular formula is C22H30N3O2+. The number of nitrogens with one attached hydrogen (secondary N) is 3. The molecule has 1 unspecified atom stereocenters. The summed E-state index contributed by atoms with van der Waals surface area (Å²) in [7, 11) is 0. The molecule has 2 aromatic carbocycles. The molecule has 0 saturated heterocycles. The first-order chi connectivity index (χ1) is 12.9. The molecular weight excluding hydrogens is 338 g/mol. The van der Waals surface area contributed by atoms with E-state index in [1.165, 1.54) is 0 Å². The normalized spacial score (nSPS) is 11.7. The Morgan fingerprint density at radius 2 is 1.48 bits per heavy atom. The molecule has 5 nitrogen and oxygen atoms in total. The van der Waals surface area contributed by atoms with Crippen LogP contribution in [0, 0.1) is 20.8 Å². The average Bonchev–Trinajstić information content (AvgIpc) is 2.56. The van der Waals surface area contributed by atoms with Crippen molar-refractivity contribution in [2.75, 3.05) is 30.3 Å². The lowest BCUT2D eigenvalue weighted by Crippen LogP contribution is -3.14. The van der Waals surface area contributed by atoms with Gasteiger partial charge in [-0.1, -0.05) is 31.2 Å². The number of carbonyl (C=O) groups is 2. The molecule has 3 N–H and O–H groups in total. The van der Waals surface area contributed by atoms with Crippen molar-refractivity contribution >= 4 is 23.2 Å². The molecule has 5 heteroatoms. The number of hydrogen-bond acceptors (Lipinski definition) is 2. The molecule has 1 atom stereocenters. The van der Waals surface area contributed by atoms with Gasteiger partial charge in [-0.05, 0) is 62.1 Å². The lowest BCUT2D eigenvalue weighted by Gasteiger charge is -2.18. The van der Waals surface area contributed by atoms with Crippen LogP contribution in [0.25, 0.3) is 0 Å². The van der Waals surface area contributed by atoms with Crippen LogP contribution in [-0.4, -0.2) is 31.4 Å². The highest BCUT2D eigenvalue weighted by atomic mass is 16.2. The molecule has 144 valence electrons. The van der Waals surface area contributed by atoms with Crippen molar-refractivity contribution < 1.29 is 14.5 Å². The zero-order valence-electron chi connectivity index (χ0n) is 16.7. The van der Waals surface area contributed by atoms with Crippen molar-refractivity contribution in [3.63, 3.8) is 0 Å². The first kappa shape index (κ1) is 20.6. The summed E-state index contributed by atoms with van der Waals surface area (Å²) in [6, 6.07) is 13.7. The monoisotopic (exact) mass is 368 g/mol. The molecule has 27 heavy (non-hydrogen) atoms. The number of rotatable bonds is 8. The summed E-state index contributed by atoms with van der Waals surface area (Å²) in [5, 5.41) is 5.90. The Hall–Kier alpha value is -2.66. The molecule has 2 aromatic rings. The molecule has 0 bridgehead atoms. The highest BCUT2D eigenvalue weighted by molar-refractivity contribution is 5.93. The van der Waals surface area contributed by atoms with Gasteiger partial charge in [-0.25, -0.2) is 0 Å². The lowest BCUT2D eigenvalue weighted by atomic mass is 10.1. The van der Waals surface area contributed by atoms with Crippen LogP contribution in [0.15, 0.2) is 42.5 Å². The first-order valence-corrected chi connectivity index (χ1v) is 9.44. The van der Waals surface area contributed by atoms with Crippen molar-refractivity contribution in [1.29, 1.82) is 0 Å². The first-order valence-electron chi connectivity index (χ1n) is 9.44. The Labute approximate surface area is 161 Å². The quantitative estimate of drug-likeness (QED) is 0.670. The van der Waals surface area contributed by atoms with Gasteiger partial charge in [0.05, 0.1) is 6.54 Å². The number of para-hydroxylation sites is 1. The average molecular weight is 369 g/mol. The highest BCUT2D eigenvalue weighted by Crippen LogP contribution is 2.13. The topological polar surface area (TPSA) is 62.6 Å². The van der Waals surface area contributed by atoms with Gasteiger partial charge >= 0.3 is 0 Å². The third-order valence-electron chi connectivity index (χ3n) is 4.35. The van der Waals surface area contributed by atoms with Crippen molar-refractivity contribution in [1.82, 2.24) is 0 Å². The van der Waals surface area contributed by atoms with Crippen LogP contribution >= 0.6 is 0 Å². The Bertz CT molecular complexity index is 782. The molecule has 0 radical (unpaired) electrons. The number of anilines is 2. The fraction of sp³-hybridized carbons (Fsp3) is 0.364. The number of aryl methyl sites for hydroxylation is 3. The van der Waals surface area contributed by atoms with Gasteiger partial charge < -0.3 is 15.5 Å². The number of carbonyl (C=O) groups excluding carboxylic acids is 2. The van der Waals surface area contributed by atoms with Gasteiger partial charge in [-0.2, -0.15) is 0 Å². The summed E-state index contributed by atoms with van der Waals surface area (Å²) in [6.45, 7) is 9.33. The van der Waals surface area contributed by atoms with Crippen LogP contribution < -0.4 is 15.5 Å². The molecule has 0 saturated carbocycles. The fourth-order valence-corrected chi connectivity index (χ4v) is 3.21.